The van der Waals surface area contributed by atoms with Gasteiger partial charge >= 0.3 is 0 Å². The molecular formula is C23H23N3O2S. The minimum atomic E-state index is -0.101. The van der Waals surface area contributed by atoms with Crippen molar-refractivity contribution in [2.75, 3.05) is 12.4 Å². The third-order valence-electron chi connectivity index (χ3n) is 5.01. The molecule has 1 aliphatic carbocycles. The van der Waals surface area contributed by atoms with Crippen LogP contribution >= 0.6 is 11.3 Å². The molecule has 0 aliphatic heterocycles. The molecule has 0 radical (unpaired) electrons. The second kappa shape index (κ2) is 9.01. The Bertz CT molecular complexity index is 1010. The van der Waals surface area contributed by atoms with Crippen molar-refractivity contribution in [1.29, 1.82) is 0 Å². The van der Waals surface area contributed by atoms with E-state index in [0.717, 1.165) is 41.3 Å². The first-order valence-corrected chi connectivity index (χ1v) is 10.6. The normalized spacial score (nSPS) is 13.7. The van der Waals surface area contributed by atoms with Crippen molar-refractivity contribution in [3.8, 4) is 5.75 Å². The lowest BCUT2D eigenvalue weighted by Crippen LogP contribution is -2.13. The average molecular weight is 406 g/mol. The highest BCUT2D eigenvalue weighted by atomic mass is 32.1. The number of anilines is 1. The number of methoxy groups -OCH3 is 1. The molecule has 5 nitrogen and oxygen atoms in total. The first-order valence-electron chi connectivity index (χ1n) is 9.78. The predicted octanol–water partition coefficient (Wildman–Crippen LogP) is 5.42. The third-order valence-corrected chi connectivity index (χ3v) is 6.21. The lowest BCUT2D eigenvalue weighted by molar-refractivity contribution is 0.102. The summed E-state index contributed by atoms with van der Waals surface area (Å²) in [5.74, 6) is 0.659. The van der Waals surface area contributed by atoms with Gasteiger partial charge in [0.15, 0.2) is 0 Å². The van der Waals surface area contributed by atoms with E-state index in [2.05, 4.69) is 15.3 Å². The van der Waals surface area contributed by atoms with Gasteiger partial charge in [0.1, 0.15) is 10.8 Å². The monoisotopic (exact) mass is 405 g/mol. The van der Waals surface area contributed by atoms with Gasteiger partial charge in [0.2, 0.25) is 0 Å². The van der Waals surface area contributed by atoms with Gasteiger partial charge in [-0.2, -0.15) is 0 Å². The Morgan fingerprint density at radius 1 is 1.10 bits per heavy atom. The summed E-state index contributed by atoms with van der Waals surface area (Å²) in [6.45, 7) is 0. The molecule has 0 unspecified atom stereocenters. The molecule has 3 aromatic rings. The number of fused-ring (bicyclic) bond motifs is 1. The largest absolute Gasteiger partial charge is 0.497 e. The van der Waals surface area contributed by atoms with Crippen LogP contribution in [0, 0.1) is 0 Å². The molecule has 2 aromatic heterocycles. The van der Waals surface area contributed by atoms with Crippen molar-refractivity contribution in [3.05, 3.63) is 70.4 Å². The standard InChI is InChI=1S/C23H23N3O2S/c1-28-18-9-7-17(8-10-18)26-22(27)21-19-5-3-2-4-6-20(19)29-23(21)25-15-16-11-13-24-14-12-16/h7-15H,2-6H2,1H3,(H,26,27)/b25-15+. The van der Waals surface area contributed by atoms with Crippen molar-refractivity contribution < 1.29 is 9.53 Å². The van der Waals surface area contributed by atoms with Crippen LogP contribution in [0.25, 0.3) is 0 Å². The number of amides is 1. The second-order valence-corrected chi connectivity index (χ2v) is 8.05. The molecule has 0 bridgehead atoms. The zero-order valence-corrected chi connectivity index (χ0v) is 17.2. The number of hydrogen-bond donors (Lipinski definition) is 1. The number of hydrogen-bond acceptors (Lipinski definition) is 5. The average Bonchev–Trinajstić information content (AvgIpc) is 2.95. The molecule has 1 amide bonds. The molecule has 1 aliphatic rings. The van der Waals surface area contributed by atoms with Gasteiger partial charge in [-0.3, -0.25) is 9.78 Å². The summed E-state index contributed by atoms with van der Waals surface area (Å²) in [7, 11) is 1.63. The van der Waals surface area contributed by atoms with Crippen LogP contribution in [0.4, 0.5) is 10.7 Å². The highest BCUT2D eigenvalue weighted by Crippen LogP contribution is 2.39. The quantitative estimate of drug-likeness (QED) is 0.455. The van der Waals surface area contributed by atoms with Gasteiger partial charge in [-0.15, -0.1) is 11.3 Å². The van der Waals surface area contributed by atoms with Crippen LogP contribution in [0.15, 0.2) is 53.8 Å². The maximum atomic E-state index is 13.2. The van der Waals surface area contributed by atoms with E-state index in [0.29, 0.717) is 5.56 Å². The van der Waals surface area contributed by atoms with E-state index >= 15 is 0 Å². The van der Waals surface area contributed by atoms with Crippen LogP contribution < -0.4 is 10.1 Å². The number of carbonyl (C=O) groups is 1. The Balaban J connectivity index is 1.66. The fourth-order valence-corrected chi connectivity index (χ4v) is 4.73. The zero-order chi connectivity index (χ0) is 20.1. The van der Waals surface area contributed by atoms with Gasteiger partial charge in [-0.1, -0.05) is 6.42 Å². The number of carbonyl (C=O) groups excluding carboxylic acids is 1. The summed E-state index contributed by atoms with van der Waals surface area (Å²) in [5.41, 5.74) is 3.59. The second-order valence-electron chi connectivity index (χ2n) is 6.97. The predicted molar refractivity (Wildman–Crippen MR) is 118 cm³/mol. The molecule has 0 spiro atoms. The van der Waals surface area contributed by atoms with Crippen molar-refractivity contribution >= 4 is 34.1 Å². The number of nitrogens with zero attached hydrogens (tertiary/aromatic N) is 2. The van der Waals surface area contributed by atoms with E-state index in [1.54, 1.807) is 37.1 Å². The number of pyridine rings is 1. The summed E-state index contributed by atoms with van der Waals surface area (Å²) in [5, 5.41) is 3.81. The Kier molecular flexibility index (Phi) is 6.00. The van der Waals surface area contributed by atoms with Gasteiger partial charge < -0.3 is 10.1 Å². The smallest absolute Gasteiger partial charge is 0.259 e. The number of ether oxygens (including phenoxy) is 1. The Labute approximate surface area is 174 Å². The Morgan fingerprint density at radius 3 is 2.62 bits per heavy atom. The lowest BCUT2D eigenvalue weighted by atomic mass is 10.0. The van der Waals surface area contributed by atoms with Gasteiger partial charge in [0.05, 0.1) is 12.7 Å². The number of nitrogens with one attached hydrogen (secondary N) is 1. The fraction of sp³-hybridized carbons (Fsp3) is 0.261. The topological polar surface area (TPSA) is 63.6 Å². The number of rotatable bonds is 5. The minimum Gasteiger partial charge on any atom is -0.497 e. The molecule has 4 rings (SSSR count). The van der Waals surface area contributed by atoms with Crippen molar-refractivity contribution in [1.82, 2.24) is 4.98 Å². The molecule has 0 saturated heterocycles. The van der Waals surface area contributed by atoms with Crippen molar-refractivity contribution in [3.63, 3.8) is 0 Å². The maximum Gasteiger partial charge on any atom is 0.259 e. The van der Waals surface area contributed by atoms with Gasteiger partial charge in [0.25, 0.3) is 5.91 Å². The molecule has 0 saturated carbocycles. The lowest BCUT2D eigenvalue weighted by Gasteiger charge is -2.08. The highest BCUT2D eigenvalue weighted by Gasteiger charge is 2.24. The van der Waals surface area contributed by atoms with Crippen LogP contribution in [0.1, 0.15) is 45.6 Å². The zero-order valence-electron chi connectivity index (χ0n) is 16.4. The van der Waals surface area contributed by atoms with E-state index < -0.39 is 0 Å². The van der Waals surface area contributed by atoms with Crippen LogP contribution in [0.5, 0.6) is 5.75 Å². The molecule has 0 atom stereocenters. The maximum absolute atomic E-state index is 13.2. The molecular weight excluding hydrogens is 382 g/mol. The molecule has 2 heterocycles. The molecule has 148 valence electrons. The number of thiophene rings is 1. The molecule has 1 N–H and O–H groups in total. The van der Waals surface area contributed by atoms with E-state index in [-0.39, 0.29) is 5.91 Å². The molecule has 6 heteroatoms. The SMILES string of the molecule is COc1ccc(NC(=O)c2c(/N=C/c3ccncc3)sc3c2CCCCC3)cc1. The summed E-state index contributed by atoms with van der Waals surface area (Å²) >= 11 is 1.65. The van der Waals surface area contributed by atoms with E-state index in [1.807, 2.05) is 36.4 Å². The molecule has 29 heavy (non-hydrogen) atoms. The van der Waals surface area contributed by atoms with E-state index in [9.17, 15) is 4.79 Å². The number of aromatic nitrogens is 1. The summed E-state index contributed by atoms with van der Waals surface area (Å²) < 4.78 is 5.19. The van der Waals surface area contributed by atoms with Crippen LogP contribution in [0.3, 0.4) is 0 Å². The van der Waals surface area contributed by atoms with Crippen LogP contribution in [-0.2, 0) is 12.8 Å². The number of aliphatic imine (C=N–C) groups is 1. The van der Waals surface area contributed by atoms with Gasteiger partial charge in [0, 0.05) is 29.2 Å². The number of benzene rings is 1. The van der Waals surface area contributed by atoms with Crippen molar-refractivity contribution in [2.24, 2.45) is 4.99 Å². The Morgan fingerprint density at radius 2 is 1.86 bits per heavy atom. The molecule has 1 aromatic carbocycles. The Hall–Kier alpha value is -2.99. The molecule has 0 fully saturated rings. The van der Waals surface area contributed by atoms with E-state index in [4.69, 9.17) is 4.74 Å². The first kappa shape index (κ1) is 19.3. The van der Waals surface area contributed by atoms with E-state index in [1.165, 1.54) is 23.3 Å². The van der Waals surface area contributed by atoms with Crippen molar-refractivity contribution in [2.45, 2.75) is 32.1 Å². The summed E-state index contributed by atoms with van der Waals surface area (Å²) in [4.78, 5) is 23.2. The van der Waals surface area contributed by atoms with Crippen LogP contribution in [-0.4, -0.2) is 24.2 Å². The van der Waals surface area contributed by atoms with Gasteiger partial charge in [-0.05, 0) is 73.2 Å². The first-order chi connectivity index (χ1) is 14.2. The highest BCUT2D eigenvalue weighted by molar-refractivity contribution is 7.16. The van der Waals surface area contributed by atoms with Crippen LogP contribution in [0.2, 0.25) is 0 Å². The summed E-state index contributed by atoms with van der Waals surface area (Å²) in [6.07, 6.45) is 10.7. The fourth-order valence-electron chi connectivity index (χ4n) is 3.50. The minimum absolute atomic E-state index is 0.101. The van der Waals surface area contributed by atoms with Gasteiger partial charge in [-0.25, -0.2) is 4.99 Å². The third kappa shape index (κ3) is 4.54. The number of aryl methyl sites for hydroxylation is 1. The summed E-state index contributed by atoms with van der Waals surface area (Å²) in [6, 6.07) is 11.2.